The molecule has 1 aromatic rings. The summed E-state index contributed by atoms with van der Waals surface area (Å²) >= 11 is 0. The van der Waals surface area contributed by atoms with Gasteiger partial charge in [0.25, 0.3) is 0 Å². The molecule has 2 rings (SSSR count). The zero-order valence-electron chi connectivity index (χ0n) is 7.70. The highest BCUT2D eigenvalue weighted by Gasteiger charge is 2.17. The van der Waals surface area contributed by atoms with Gasteiger partial charge in [-0.25, -0.2) is 0 Å². The van der Waals surface area contributed by atoms with E-state index in [4.69, 9.17) is 0 Å². The first-order chi connectivity index (χ1) is 5.77. The highest BCUT2D eigenvalue weighted by molar-refractivity contribution is 5.03. The van der Waals surface area contributed by atoms with Crippen molar-refractivity contribution >= 4 is 0 Å². The molecule has 0 bridgehead atoms. The molecule has 0 saturated heterocycles. The first-order valence-corrected chi connectivity index (χ1v) is 4.52. The maximum atomic E-state index is 4.26. The lowest BCUT2D eigenvalue weighted by Crippen LogP contribution is -2.39. The van der Waals surface area contributed by atoms with Crippen molar-refractivity contribution in [2.24, 2.45) is 0 Å². The Labute approximate surface area is 73.0 Å². The summed E-state index contributed by atoms with van der Waals surface area (Å²) in [5.41, 5.74) is 1.37. The highest BCUT2D eigenvalue weighted by Crippen LogP contribution is 2.12. The summed E-state index contributed by atoms with van der Waals surface area (Å²) in [6.07, 6.45) is 3.03. The average Bonchev–Trinajstić information content (AvgIpc) is 2.49. The van der Waals surface area contributed by atoms with Crippen LogP contribution in [0.2, 0.25) is 0 Å². The van der Waals surface area contributed by atoms with E-state index in [1.807, 2.05) is 6.20 Å². The summed E-state index contributed by atoms with van der Waals surface area (Å²) in [5, 5.41) is 4.26. The minimum Gasteiger partial charge on any atom is -0.282 e. The molecule has 0 radical (unpaired) electrons. The summed E-state index contributed by atoms with van der Waals surface area (Å²) in [5.74, 6) is 0. The Morgan fingerprint density at radius 3 is 3.08 bits per heavy atom. The zero-order chi connectivity index (χ0) is 8.55. The van der Waals surface area contributed by atoms with Gasteiger partial charge in [-0.1, -0.05) is 0 Å². The van der Waals surface area contributed by atoms with Crippen LogP contribution < -0.4 is 0 Å². The van der Waals surface area contributed by atoms with E-state index in [0.717, 1.165) is 13.1 Å². The molecule has 66 valence electrons. The summed E-state index contributed by atoms with van der Waals surface area (Å²) in [6.45, 7) is 6.59. The average molecular weight is 165 g/mol. The van der Waals surface area contributed by atoms with E-state index >= 15 is 0 Å². The Hall–Kier alpha value is -0.830. The third-order valence-corrected chi connectivity index (χ3v) is 2.51. The van der Waals surface area contributed by atoms with Crippen LogP contribution in [-0.4, -0.2) is 27.3 Å². The van der Waals surface area contributed by atoms with Gasteiger partial charge in [0, 0.05) is 30.9 Å². The van der Waals surface area contributed by atoms with Crippen molar-refractivity contribution in [2.75, 3.05) is 6.54 Å². The second kappa shape index (κ2) is 2.90. The van der Waals surface area contributed by atoms with Gasteiger partial charge >= 0.3 is 0 Å². The van der Waals surface area contributed by atoms with E-state index in [2.05, 4.69) is 34.6 Å². The van der Waals surface area contributed by atoms with Gasteiger partial charge < -0.3 is 0 Å². The van der Waals surface area contributed by atoms with Crippen LogP contribution in [0.15, 0.2) is 12.3 Å². The van der Waals surface area contributed by atoms with E-state index in [9.17, 15) is 0 Å². The molecule has 1 aliphatic heterocycles. The Balaban J connectivity index is 2.15. The number of hydrogen-bond acceptors (Lipinski definition) is 2. The molecule has 0 aromatic carbocycles. The van der Waals surface area contributed by atoms with Gasteiger partial charge in [-0.05, 0) is 19.9 Å². The van der Waals surface area contributed by atoms with Crippen LogP contribution in [-0.2, 0) is 13.1 Å². The Kier molecular flexibility index (Phi) is 1.89. The van der Waals surface area contributed by atoms with Crippen molar-refractivity contribution in [2.45, 2.75) is 33.0 Å². The Morgan fingerprint density at radius 2 is 2.33 bits per heavy atom. The maximum absolute atomic E-state index is 4.26. The number of rotatable bonds is 1. The van der Waals surface area contributed by atoms with Crippen molar-refractivity contribution < 1.29 is 0 Å². The van der Waals surface area contributed by atoms with E-state index in [1.165, 1.54) is 12.2 Å². The first kappa shape index (κ1) is 7.80. The lowest BCUT2D eigenvalue weighted by atomic mass is 10.2. The van der Waals surface area contributed by atoms with E-state index in [-0.39, 0.29) is 0 Å². The molecule has 1 aromatic heterocycles. The van der Waals surface area contributed by atoms with Crippen molar-refractivity contribution in [3.8, 4) is 0 Å². The maximum Gasteiger partial charge on any atom is 0.0934 e. The minimum atomic E-state index is 0.627. The lowest BCUT2D eigenvalue weighted by molar-refractivity contribution is 0.142. The second-order valence-corrected chi connectivity index (χ2v) is 3.62. The molecule has 0 unspecified atom stereocenters. The van der Waals surface area contributed by atoms with Gasteiger partial charge in [0.2, 0.25) is 0 Å². The van der Waals surface area contributed by atoms with Crippen LogP contribution in [0.4, 0.5) is 0 Å². The van der Waals surface area contributed by atoms with Gasteiger partial charge in [-0.15, -0.1) is 0 Å². The van der Waals surface area contributed by atoms with Crippen molar-refractivity contribution in [1.82, 2.24) is 14.7 Å². The second-order valence-electron chi connectivity index (χ2n) is 3.62. The third kappa shape index (κ3) is 1.25. The fraction of sp³-hybridized carbons (Fsp3) is 0.667. The SMILES string of the molecule is CC(C)N1CCc2ccnn2C1. The van der Waals surface area contributed by atoms with Gasteiger partial charge in [0.15, 0.2) is 0 Å². The molecule has 0 N–H and O–H groups in total. The van der Waals surface area contributed by atoms with Crippen molar-refractivity contribution in [3.05, 3.63) is 18.0 Å². The summed E-state index contributed by atoms with van der Waals surface area (Å²) in [6, 6.07) is 2.74. The van der Waals surface area contributed by atoms with Crippen LogP contribution in [0.25, 0.3) is 0 Å². The molecule has 0 saturated carbocycles. The monoisotopic (exact) mass is 165 g/mol. The largest absolute Gasteiger partial charge is 0.282 e. The van der Waals surface area contributed by atoms with Crippen molar-refractivity contribution in [1.29, 1.82) is 0 Å². The molecule has 1 aliphatic rings. The molecule has 3 nitrogen and oxygen atoms in total. The molecule has 0 spiro atoms. The predicted octanol–water partition coefficient (Wildman–Crippen LogP) is 1.11. The smallest absolute Gasteiger partial charge is 0.0934 e. The van der Waals surface area contributed by atoms with E-state index in [1.54, 1.807) is 0 Å². The molecule has 2 heterocycles. The molecule has 12 heavy (non-hydrogen) atoms. The van der Waals surface area contributed by atoms with Crippen LogP contribution in [0.1, 0.15) is 19.5 Å². The number of aromatic nitrogens is 2. The summed E-state index contributed by atoms with van der Waals surface area (Å²) in [7, 11) is 0. The zero-order valence-corrected chi connectivity index (χ0v) is 7.70. The minimum absolute atomic E-state index is 0.627. The topological polar surface area (TPSA) is 21.1 Å². The molecule has 0 aliphatic carbocycles. The van der Waals surface area contributed by atoms with Gasteiger partial charge in [0.1, 0.15) is 0 Å². The van der Waals surface area contributed by atoms with Crippen LogP contribution in [0, 0.1) is 0 Å². The Morgan fingerprint density at radius 1 is 1.50 bits per heavy atom. The van der Waals surface area contributed by atoms with Crippen molar-refractivity contribution in [3.63, 3.8) is 0 Å². The molecule has 3 heteroatoms. The van der Waals surface area contributed by atoms with Gasteiger partial charge in [-0.3, -0.25) is 9.58 Å². The predicted molar refractivity (Wildman–Crippen MR) is 47.8 cm³/mol. The quantitative estimate of drug-likeness (QED) is 0.621. The summed E-state index contributed by atoms with van der Waals surface area (Å²) in [4.78, 5) is 2.43. The molecular weight excluding hydrogens is 150 g/mol. The van der Waals surface area contributed by atoms with Crippen LogP contribution in [0.3, 0.4) is 0 Å². The van der Waals surface area contributed by atoms with Gasteiger partial charge in [0.05, 0.1) is 6.67 Å². The fourth-order valence-corrected chi connectivity index (χ4v) is 1.62. The Bertz CT molecular complexity index is 264. The third-order valence-electron chi connectivity index (χ3n) is 2.51. The number of hydrogen-bond donors (Lipinski definition) is 0. The lowest BCUT2D eigenvalue weighted by Gasteiger charge is -2.30. The molecule has 0 fully saturated rings. The van der Waals surface area contributed by atoms with Crippen LogP contribution >= 0.6 is 0 Å². The first-order valence-electron chi connectivity index (χ1n) is 4.52. The number of fused-ring (bicyclic) bond motifs is 1. The van der Waals surface area contributed by atoms with E-state index in [0.29, 0.717) is 6.04 Å². The molecule has 0 amide bonds. The highest BCUT2D eigenvalue weighted by atomic mass is 15.4. The molecule has 0 atom stereocenters. The van der Waals surface area contributed by atoms with Gasteiger partial charge in [-0.2, -0.15) is 5.10 Å². The standard InChI is InChI=1S/C9H15N3/c1-8(2)11-6-4-9-3-5-10-12(9)7-11/h3,5,8H,4,6-7H2,1-2H3. The number of nitrogens with zero attached hydrogens (tertiary/aromatic N) is 3. The van der Waals surface area contributed by atoms with E-state index < -0.39 is 0 Å². The van der Waals surface area contributed by atoms with Crippen LogP contribution in [0.5, 0.6) is 0 Å². The normalized spacial score (nSPS) is 18.2. The summed E-state index contributed by atoms with van der Waals surface area (Å²) < 4.78 is 2.09. The fourth-order valence-electron chi connectivity index (χ4n) is 1.62. The molecular formula is C9H15N3.